The van der Waals surface area contributed by atoms with Crippen LogP contribution in [0.1, 0.15) is 5.56 Å². The quantitative estimate of drug-likeness (QED) is 0.717. The minimum absolute atomic E-state index is 0.0685. The van der Waals surface area contributed by atoms with Gasteiger partial charge in [-0.15, -0.1) is 0 Å². The Kier molecular flexibility index (Phi) is 3.16. The first kappa shape index (κ1) is 12.7. The largest absolute Gasteiger partial charge is 0.398 e. The molecule has 0 atom stereocenters. The van der Waals surface area contributed by atoms with E-state index in [4.69, 9.17) is 5.73 Å². The second-order valence-corrected chi connectivity index (χ2v) is 4.84. The van der Waals surface area contributed by atoms with Gasteiger partial charge in [0.2, 0.25) is 0 Å². The van der Waals surface area contributed by atoms with E-state index in [1.54, 1.807) is 0 Å². The van der Waals surface area contributed by atoms with Crippen LogP contribution < -0.4 is 5.73 Å². The van der Waals surface area contributed by atoms with Crippen molar-refractivity contribution in [2.75, 3.05) is 12.3 Å². The van der Waals surface area contributed by atoms with Crippen molar-refractivity contribution in [3.05, 3.63) is 48.0 Å². The van der Waals surface area contributed by atoms with Gasteiger partial charge in [0.15, 0.2) is 0 Å². The monoisotopic (exact) mass is 267 g/mol. The van der Waals surface area contributed by atoms with Gasteiger partial charge in [-0.25, -0.2) is 4.98 Å². The lowest BCUT2D eigenvalue weighted by Crippen LogP contribution is -2.05. The van der Waals surface area contributed by atoms with Gasteiger partial charge in [0.05, 0.1) is 17.6 Å². The molecule has 3 N–H and O–H groups in total. The number of anilines is 1. The molecule has 3 aromatic rings. The highest BCUT2D eigenvalue weighted by Crippen LogP contribution is 2.30. The lowest BCUT2D eigenvalue weighted by atomic mass is 10.1. The predicted molar refractivity (Wildman–Crippen MR) is 81.4 cm³/mol. The van der Waals surface area contributed by atoms with Crippen molar-refractivity contribution in [1.82, 2.24) is 9.55 Å². The second kappa shape index (κ2) is 4.98. The Morgan fingerprint density at radius 2 is 1.95 bits per heavy atom. The van der Waals surface area contributed by atoms with Gasteiger partial charge >= 0.3 is 0 Å². The Bertz CT molecular complexity index is 762. The summed E-state index contributed by atoms with van der Waals surface area (Å²) in [4.78, 5) is 4.68. The molecule has 0 aliphatic carbocycles. The number of nitrogens with two attached hydrogens (primary N) is 1. The van der Waals surface area contributed by atoms with Gasteiger partial charge in [0.1, 0.15) is 5.82 Å². The number of imidazole rings is 1. The van der Waals surface area contributed by atoms with E-state index in [0.717, 1.165) is 33.7 Å². The van der Waals surface area contributed by atoms with E-state index in [9.17, 15) is 5.11 Å². The zero-order chi connectivity index (χ0) is 14.1. The predicted octanol–water partition coefficient (Wildman–Crippen LogP) is 2.59. The summed E-state index contributed by atoms with van der Waals surface area (Å²) in [7, 11) is 0. The second-order valence-electron chi connectivity index (χ2n) is 4.84. The van der Waals surface area contributed by atoms with Crippen molar-refractivity contribution in [3.63, 3.8) is 0 Å². The number of hydrogen-bond acceptors (Lipinski definition) is 3. The van der Waals surface area contributed by atoms with Crippen LogP contribution in [0.3, 0.4) is 0 Å². The number of para-hydroxylation sites is 3. The molecule has 0 radical (unpaired) electrons. The Labute approximate surface area is 117 Å². The molecule has 4 nitrogen and oxygen atoms in total. The Hall–Kier alpha value is -2.33. The molecule has 0 aliphatic rings. The Balaban J connectivity index is 2.29. The third kappa shape index (κ3) is 1.94. The average molecular weight is 267 g/mol. The number of fused-ring (bicyclic) bond motifs is 1. The van der Waals surface area contributed by atoms with E-state index in [1.807, 2.05) is 54.0 Å². The standard InChI is InChI=1S/C16H17N3O/c1-11-5-4-6-12(15(11)17)16-18-13-7-2-3-8-14(13)19(16)9-10-20/h2-8,20H,9-10,17H2,1H3. The van der Waals surface area contributed by atoms with Gasteiger partial charge in [-0.3, -0.25) is 0 Å². The smallest absolute Gasteiger partial charge is 0.143 e. The number of aryl methyl sites for hydroxylation is 1. The third-order valence-corrected chi connectivity index (χ3v) is 3.54. The number of nitrogen functional groups attached to an aromatic ring is 1. The van der Waals surface area contributed by atoms with Crippen LogP contribution in [0.4, 0.5) is 5.69 Å². The first-order valence-corrected chi connectivity index (χ1v) is 6.64. The van der Waals surface area contributed by atoms with Crippen molar-refractivity contribution < 1.29 is 5.11 Å². The molecule has 4 heteroatoms. The maximum Gasteiger partial charge on any atom is 0.143 e. The van der Waals surface area contributed by atoms with Crippen molar-refractivity contribution in [3.8, 4) is 11.4 Å². The van der Waals surface area contributed by atoms with Crippen LogP contribution in [-0.4, -0.2) is 21.3 Å². The normalized spacial score (nSPS) is 11.1. The summed E-state index contributed by atoms with van der Waals surface area (Å²) < 4.78 is 2.01. The summed E-state index contributed by atoms with van der Waals surface area (Å²) in [6.45, 7) is 2.56. The van der Waals surface area contributed by atoms with Crippen LogP contribution in [0, 0.1) is 6.92 Å². The molecule has 0 fully saturated rings. The molecule has 1 aromatic heterocycles. The van der Waals surface area contributed by atoms with Crippen LogP contribution >= 0.6 is 0 Å². The zero-order valence-corrected chi connectivity index (χ0v) is 11.4. The van der Waals surface area contributed by atoms with Gasteiger partial charge in [0, 0.05) is 17.8 Å². The molecule has 1 heterocycles. The number of aliphatic hydroxyl groups is 1. The topological polar surface area (TPSA) is 64.1 Å². The third-order valence-electron chi connectivity index (χ3n) is 3.54. The summed E-state index contributed by atoms with van der Waals surface area (Å²) in [5.41, 5.74) is 10.8. The summed E-state index contributed by atoms with van der Waals surface area (Å²) in [5.74, 6) is 0.807. The number of aromatic nitrogens is 2. The molecule has 0 spiro atoms. The van der Waals surface area contributed by atoms with Crippen LogP contribution in [0.15, 0.2) is 42.5 Å². The highest BCUT2D eigenvalue weighted by molar-refractivity contribution is 5.84. The minimum Gasteiger partial charge on any atom is -0.398 e. The van der Waals surface area contributed by atoms with Crippen LogP contribution in [0.25, 0.3) is 22.4 Å². The molecule has 0 unspecified atom stereocenters. The molecule has 0 saturated carbocycles. The van der Waals surface area contributed by atoms with E-state index in [-0.39, 0.29) is 6.61 Å². The van der Waals surface area contributed by atoms with E-state index >= 15 is 0 Å². The first-order chi connectivity index (χ1) is 9.72. The minimum atomic E-state index is 0.0685. The molecular formula is C16H17N3O. The highest BCUT2D eigenvalue weighted by atomic mass is 16.3. The van der Waals surface area contributed by atoms with Gasteiger partial charge in [-0.1, -0.05) is 24.3 Å². The van der Waals surface area contributed by atoms with E-state index in [1.165, 1.54) is 0 Å². The summed E-state index contributed by atoms with van der Waals surface area (Å²) in [6, 6.07) is 13.8. The summed E-state index contributed by atoms with van der Waals surface area (Å²) in [6.07, 6.45) is 0. The molecule has 20 heavy (non-hydrogen) atoms. The van der Waals surface area contributed by atoms with Crippen LogP contribution in [0.2, 0.25) is 0 Å². The molecule has 0 aliphatic heterocycles. The average Bonchev–Trinajstić information content (AvgIpc) is 2.81. The van der Waals surface area contributed by atoms with Crippen LogP contribution in [0.5, 0.6) is 0 Å². The fraction of sp³-hybridized carbons (Fsp3) is 0.188. The summed E-state index contributed by atoms with van der Waals surface area (Å²) >= 11 is 0. The molecule has 2 aromatic carbocycles. The van der Waals surface area contributed by atoms with Crippen LogP contribution in [-0.2, 0) is 6.54 Å². The summed E-state index contributed by atoms with van der Waals surface area (Å²) in [5, 5.41) is 9.31. The van der Waals surface area contributed by atoms with E-state index in [2.05, 4.69) is 4.98 Å². The molecule has 3 rings (SSSR count). The fourth-order valence-corrected chi connectivity index (χ4v) is 2.48. The van der Waals surface area contributed by atoms with Gasteiger partial charge in [-0.2, -0.15) is 0 Å². The first-order valence-electron chi connectivity index (χ1n) is 6.64. The molecular weight excluding hydrogens is 250 g/mol. The lowest BCUT2D eigenvalue weighted by Gasteiger charge is -2.11. The van der Waals surface area contributed by atoms with Crippen molar-refractivity contribution in [1.29, 1.82) is 0 Å². The van der Waals surface area contributed by atoms with E-state index in [0.29, 0.717) is 6.54 Å². The molecule has 102 valence electrons. The number of rotatable bonds is 3. The number of hydrogen-bond donors (Lipinski definition) is 2. The number of aliphatic hydroxyl groups excluding tert-OH is 1. The zero-order valence-electron chi connectivity index (χ0n) is 11.4. The van der Waals surface area contributed by atoms with Gasteiger partial charge in [0.25, 0.3) is 0 Å². The number of benzene rings is 2. The Morgan fingerprint density at radius 1 is 1.15 bits per heavy atom. The SMILES string of the molecule is Cc1cccc(-c2nc3ccccc3n2CCO)c1N. The van der Waals surface area contributed by atoms with Crippen molar-refractivity contribution in [2.45, 2.75) is 13.5 Å². The molecule has 0 saturated heterocycles. The van der Waals surface area contributed by atoms with E-state index < -0.39 is 0 Å². The lowest BCUT2D eigenvalue weighted by molar-refractivity contribution is 0.278. The maximum atomic E-state index is 9.31. The Morgan fingerprint density at radius 3 is 2.75 bits per heavy atom. The molecule has 0 amide bonds. The van der Waals surface area contributed by atoms with Crippen molar-refractivity contribution >= 4 is 16.7 Å². The maximum absolute atomic E-state index is 9.31. The van der Waals surface area contributed by atoms with Gasteiger partial charge in [-0.05, 0) is 30.7 Å². The fourth-order valence-electron chi connectivity index (χ4n) is 2.48. The van der Waals surface area contributed by atoms with Gasteiger partial charge < -0.3 is 15.4 Å². The highest BCUT2D eigenvalue weighted by Gasteiger charge is 2.14. The van der Waals surface area contributed by atoms with Crippen molar-refractivity contribution in [2.24, 2.45) is 0 Å². The molecule has 0 bridgehead atoms. The number of nitrogens with zero attached hydrogens (tertiary/aromatic N) is 2.